The van der Waals surface area contributed by atoms with Gasteiger partial charge in [-0.15, -0.1) is 0 Å². The zero-order valence-electron chi connectivity index (χ0n) is 7.99. The largest absolute Gasteiger partial charge is 0.379 e. The first kappa shape index (κ1) is 10.0. The SMILES string of the molecule is COC(C)CONc1ccccc1. The van der Waals surface area contributed by atoms with Crippen molar-refractivity contribution >= 4 is 5.69 Å². The van der Waals surface area contributed by atoms with Crippen molar-refractivity contribution in [1.29, 1.82) is 0 Å². The van der Waals surface area contributed by atoms with E-state index in [-0.39, 0.29) is 6.10 Å². The maximum atomic E-state index is 5.20. The number of methoxy groups -OCH3 is 1. The van der Waals surface area contributed by atoms with Crippen LogP contribution in [0.15, 0.2) is 30.3 Å². The molecule has 0 radical (unpaired) electrons. The molecule has 0 amide bonds. The van der Waals surface area contributed by atoms with E-state index in [0.29, 0.717) is 6.61 Å². The normalized spacial score (nSPS) is 12.5. The molecule has 13 heavy (non-hydrogen) atoms. The summed E-state index contributed by atoms with van der Waals surface area (Å²) >= 11 is 0. The summed E-state index contributed by atoms with van der Waals surface area (Å²) in [5.41, 5.74) is 3.78. The van der Waals surface area contributed by atoms with Gasteiger partial charge >= 0.3 is 0 Å². The van der Waals surface area contributed by atoms with Gasteiger partial charge in [-0.3, -0.25) is 10.3 Å². The Bertz CT molecular complexity index is 226. The van der Waals surface area contributed by atoms with Gasteiger partial charge in [-0.2, -0.15) is 0 Å². The van der Waals surface area contributed by atoms with Gasteiger partial charge in [0.05, 0.1) is 11.8 Å². The van der Waals surface area contributed by atoms with Crippen molar-refractivity contribution in [2.24, 2.45) is 0 Å². The minimum Gasteiger partial charge on any atom is -0.379 e. The van der Waals surface area contributed by atoms with Crippen molar-refractivity contribution < 1.29 is 9.57 Å². The fraction of sp³-hybridized carbons (Fsp3) is 0.400. The molecule has 0 aliphatic rings. The molecule has 0 spiro atoms. The molecular formula is C10H15NO2. The fourth-order valence-corrected chi connectivity index (χ4v) is 0.817. The lowest BCUT2D eigenvalue weighted by atomic mass is 10.3. The summed E-state index contributed by atoms with van der Waals surface area (Å²) < 4.78 is 5.02. The average molecular weight is 181 g/mol. The summed E-state index contributed by atoms with van der Waals surface area (Å²) in [5, 5.41) is 0. The zero-order chi connectivity index (χ0) is 9.52. The number of nitrogens with one attached hydrogen (secondary N) is 1. The van der Waals surface area contributed by atoms with E-state index in [4.69, 9.17) is 9.57 Å². The summed E-state index contributed by atoms with van der Waals surface area (Å²) in [5.74, 6) is 0. The van der Waals surface area contributed by atoms with E-state index in [1.165, 1.54) is 0 Å². The molecule has 72 valence electrons. The first-order valence-electron chi connectivity index (χ1n) is 4.28. The molecule has 0 heterocycles. The first-order valence-corrected chi connectivity index (χ1v) is 4.28. The first-order chi connectivity index (χ1) is 6.33. The van der Waals surface area contributed by atoms with Crippen molar-refractivity contribution in [3.63, 3.8) is 0 Å². The van der Waals surface area contributed by atoms with Gasteiger partial charge in [0.15, 0.2) is 0 Å². The maximum Gasteiger partial charge on any atom is 0.100 e. The maximum absolute atomic E-state index is 5.20. The summed E-state index contributed by atoms with van der Waals surface area (Å²) in [6.45, 7) is 2.48. The van der Waals surface area contributed by atoms with E-state index in [1.807, 2.05) is 37.3 Å². The highest BCUT2D eigenvalue weighted by atomic mass is 16.7. The van der Waals surface area contributed by atoms with Crippen LogP contribution in [0.3, 0.4) is 0 Å². The topological polar surface area (TPSA) is 30.5 Å². The van der Waals surface area contributed by atoms with Crippen LogP contribution in [0.2, 0.25) is 0 Å². The predicted octanol–water partition coefficient (Wildman–Crippen LogP) is 2.06. The molecule has 0 aliphatic carbocycles. The van der Waals surface area contributed by atoms with E-state index >= 15 is 0 Å². The third kappa shape index (κ3) is 3.92. The molecule has 0 fully saturated rings. The molecule has 1 aromatic rings. The molecule has 1 unspecified atom stereocenters. The van der Waals surface area contributed by atoms with Crippen molar-refractivity contribution in [3.05, 3.63) is 30.3 Å². The van der Waals surface area contributed by atoms with Crippen LogP contribution >= 0.6 is 0 Å². The quantitative estimate of drug-likeness (QED) is 0.705. The molecular weight excluding hydrogens is 166 g/mol. The number of anilines is 1. The Labute approximate surface area is 78.6 Å². The standard InChI is InChI=1S/C10H15NO2/c1-9(12-2)8-13-11-10-6-4-3-5-7-10/h3-7,9,11H,8H2,1-2H3. The number of hydrogen-bond acceptors (Lipinski definition) is 3. The van der Waals surface area contributed by atoms with Crippen molar-refractivity contribution in [1.82, 2.24) is 0 Å². The summed E-state index contributed by atoms with van der Waals surface area (Å²) in [6, 6.07) is 9.74. The molecule has 1 atom stereocenters. The Hall–Kier alpha value is -1.06. The smallest absolute Gasteiger partial charge is 0.100 e. The summed E-state index contributed by atoms with van der Waals surface area (Å²) in [7, 11) is 1.66. The van der Waals surface area contributed by atoms with Gasteiger partial charge in [0, 0.05) is 7.11 Å². The third-order valence-electron chi connectivity index (χ3n) is 1.68. The Morgan fingerprint density at radius 2 is 2.00 bits per heavy atom. The van der Waals surface area contributed by atoms with Gasteiger partial charge in [-0.25, -0.2) is 0 Å². The molecule has 3 nitrogen and oxygen atoms in total. The minimum absolute atomic E-state index is 0.108. The Morgan fingerprint density at radius 3 is 2.62 bits per heavy atom. The van der Waals surface area contributed by atoms with Crippen LogP contribution in [0.25, 0.3) is 0 Å². The van der Waals surface area contributed by atoms with Crippen LogP contribution in [0.5, 0.6) is 0 Å². The van der Waals surface area contributed by atoms with Gasteiger partial charge in [0.2, 0.25) is 0 Å². The summed E-state index contributed by atoms with van der Waals surface area (Å²) in [6.07, 6.45) is 0.108. The van der Waals surface area contributed by atoms with Crippen LogP contribution in [-0.4, -0.2) is 19.8 Å². The third-order valence-corrected chi connectivity index (χ3v) is 1.68. The second-order valence-electron chi connectivity index (χ2n) is 2.83. The molecule has 0 saturated carbocycles. The van der Waals surface area contributed by atoms with Gasteiger partial charge in [0.1, 0.15) is 6.61 Å². The highest BCUT2D eigenvalue weighted by molar-refractivity contribution is 5.39. The number of hydrogen-bond donors (Lipinski definition) is 1. The second kappa shape index (κ2) is 5.56. The van der Waals surface area contributed by atoms with E-state index in [0.717, 1.165) is 5.69 Å². The van der Waals surface area contributed by atoms with Crippen LogP contribution in [0.1, 0.15) is 6.92 Å². The van der Waals surface area contributed by atoms with Crippen molar-refractivity contribution in [3.8, 4) is 0 Å². The predicted molar refractivity (Wildman–Crippen MR) is 52.5 cm³/mol. The molecule has 0 saturated heterocycles. The Kier molecular flexibility index (Phi) is 4.29. The lowest BCUT2D eigenvalue weighted by molar-refractivity contribution is 0.0391. The van der Waals surface area contributed by atoms with Gasteiger partial charge < -0.3 is 4.74 Å². The number of ether oxygens (including phenoxy) is 1. The number of para-hydroxylation sites is 1. The van der Waals surface area contributed by atoms with Crippen LogP contribution < -0.4 is 5.48 Å². The Morgan fingerprint density at radius 1 is 1.31 bits per heavy atom. The van der Waals surface area contributed by atoms with E-state index in [2.05, 4.69) is 5.48 Å². The van der Waals surface area contributed by atoms with Crippen molar-refractivity contribution in [2.45, 2.75) is 13.0 Å². The molecule has 1 rings (SSSR count). The van der Waals surface area contributed by atoms with E-state index in [9.17, 15) is 0 Å². The molecule has 1 N–H and O–H groups in total. The summed E-state index contributed by atoms with van der Waals surface area (Å²) in [4.78, 5) is 5.20. The minimum atomic E-state index is 0.108. The highest BCUT2D eigenvalue weighted by Crippen LogP contribution is 2.04. The van der Waals surface area contributed by atoms with Gasteiger partial charge in [-0.1, -0.05) is 18.2 Å². The van der Waals surface area contributed by atoms with E-state index < -0.39 is 0 Å². The van der Waals surface area contributed by atoms with E-state index in [1.54, 1.807) is 7.11 Å². The van der Waals surface area contributed by atoms with Crippen LogP contribution in [0, 0.1) is 0 Å². The monoisotopic (exact) mass is 181 g/mol. The number of benzene rings is 1. The van der Waals surface area contributed by atoms with Gasteiger partial charge in [0.25, 0.3) is 0 Å². The average Bonchev–Trinajstić information content (AvgIpc) is 2.19. The van der Waals surface area contributed by atoms with Crippen LogP contribution in [-0.2, 0) is 9.57 Å². The molecule has 0 aliphatic heterocycles. The van der Waals surface area contributed by atoms with Crippen LogP contribution in [0.4, 0.5) is 5.69 Å². The second-order valence-corrected chi connectivity index (χ2v) is 2.83. The Balaban J connectivity index is 2.20. The fourth-order valence-electron chi connectivity index (χ4n) is 0.817. The highest BCUT2D eigenvalue weighted by Gasteiger charge is 1.98. The molecule has 0 aromatic heterocycles. The molecule has 1 aromatic carbocycles. The van der Waals surface area contributed by atoms with Crippen molar-refractivity contribution in [2.75, 3.05) is 19.2 Å². The molecule has 3 heteroatoms. The molecule has 0 bridgehead atoms. The zero-order valence-corrected chi connectivity index (χ0v) is 7.99. The van der Waals surface area contributed by atoms with Gasteiger partial charge in [-0.05, 0) is 19.1 Å². The lowest BCUT2D eigenvalue weighted by Gasteiger charge is -2.10. The number of rotatable bonds is 5. The lowest BCUT2D eigenvalue weighted by Crippen LogP contribution is -2.16.